The fourth-order valence-electron chi connectivity index (χ4n) is 4.86. The lowest BCUT2D eigenvalue weighted by atomic mass is 9.95. The van der Waals surface area contributed by atoms with Crippen molar-refractivity contribution in [3.05, 3.63) is 95.9 Å². The Morgan fingerprint density at radius 3 is 2.14 bits per heavy atom. The predicted octanol–water partition coefficient (Wildman–Crippen LogP) is 3.00. The van der Waals surface area contributed by atoms with Gasteiger partial charge in [0.1, 0.15) is 11.8 Å². The summed E-state index contributed by atoms with van der Waals surface area (Å²) < 4.78 is 10.4. The van der Waals surface area contributed by atoms with Crippen LogP contribution < -0.4 is 5.32 Å². The van der Waals surface area contributed by atoms with Crippen LogP contribution in [-0.2, 0) is 14.3 Å². The van der Waals surface area contributed by atoms with Gasteiger partial charge in [0.05, 0.1) is 19.4 Å². The maximum atomic E-state index is 12.9. The average molecular weight is 473 g/mol. The first-order valence-electron chi connectivity index (χ1n) is 11.7. The molecule has 8 nitrogen and oxygen atoms in total. The summed E-state index contributed by atoms with van der Waals surface area (Å²) in [6.07, 6.45) is 1.51. The minimum absolute atomic E-state index is 0.141. The lowest BCUT2D eigenvalue weighted by Gasteiger charge is -2.41. The number of furan rings is 1. The molecule has 2 aliphatic rings. The Labute approximate surface area is 204 Å². The summed E-state index contributed by atoms with van der Waals surface area (Å²) in [7, 11) is 1.27. The molecule has 2 atom stereocenters. The van der Waals surface area contributed by atoms with Crippen LogP contribution in [0.1, 0.15) is 29.0 Å². The number of esters is 1. The second-order valence-electron chi connectivity index (χ2n) is 8.65. The smallest absolute Gasteiger partial charge is 0.320 e. The minimum Gasteiger partial charge on any atom is -0.468 e. The largest absolute Gasteiger partial charge is 0.468 e. The number of nitrogens with zero attached hydrogens (tertiary/aromatic N) is 3. The van der Waals surface area contributed by atoms with Gasteiger partial charge in [0.15, 0.2) is 5.92 Å². The van der Waals surface area contributed by atoms with Crippen LogP contribution in [0.25, 0.3) is 0 Å². The van der Waals surface area contributed by atoms with Crippen molar-refractivity contribution in [2.24, 2.45) is 10.9 Å². The average Bonchev–Trinajstić information content (AvgIpc) is 3.45. The van der Waals surface area contributed by atoms with Crippen LogP contribution in [0.3, 0.4) is 0 Å². The molecule has 0 radical (unpaired) electrons. The quantitative estimate of drug-likeness (QED) is 0.454. The van der Waals surface area contributed by atoms with Gasteiger partial charge in [-0.05, 0) is 23.3 Å². The van der Waals surface area contributed by atoms with Gasteiger partial charge in [0.25, 0.3) is 0 Å². The van der Waals surface area contributed by atoms with Crippen LogP contribution in [0.15, 0.2) is 88.5 Å². The Morgan fingerprint density at radius 1 is 0.971 bits per heavy atom. The molecule has 180 valence electrons. The van der Waals surface area contributed by atoms with Gasteiger partial charge in [-0.1, -0.05) is 60.7 Å². The number of carbonyl (C=O) groups excluding carboxylic acids is 2. The molecule has 3 heterocycles. The van der Waals surface area contributed by atoms with E-state index in [1.54, 1.807) is 12.1 Å². The van der Waals surface area contributed by atoms with Crippen molar-refractivity contribution in [1.29, 1.82) is 0 Å². The van der Waals surface area contributed by atoms with Gasteiger partial charge in [-0.25, -0.2) is 4.99 Å². The number of ether oxygens (including phenoxy) is 1. The number of guanidine groups is 1. The molecule has 1 N–H and O–H groups in total. The van der Waals surface area contributed by atoms with Gasteiger partial charge in [-0.2, -0.15) is 0 Å². The maximum absolute atomic E-state index is 12.9. The van der Waals surface area contributed by atoms with Crippen molar-refractivity contribution >= 4 is 17.8 Å². The first-order chi connectivity index (χ1) is 17.2. The SMILES string of the molecule is COC(=O)[C@H]1C(=O)NC(N2CCN(C(c3ccccc3)c3ccccc3)CC2)=N[C@@H]1c1ccco1. The standard InChI is InChI=1S/C27H28N4O4/c1-34-26(33)22-23(21-13-8-18-35-21)28-27(29-25(22)32)31-16-14-30(15-17-31)24(19-9-4-2-5-10-19)20-11-6-3-7-12-20/h2-13,18,22-24H,14-17H2,1H3,(H,28,29,32)/t22-,23-/m1/s1. The van der Waals surface area contributed by atoms with Gasteiger partial charge in [0.2, 0.25) is 11.9 Å². The normalized spacial score (nSPS) is 20.9. The molecule has 3 aromatic rings. The molecule has 35 heavy (non-hydrogen) atoms. The minimum atomic E-state index is -1.09. The topological polar surface area (TPSA) is 87.4 Å². The van der Waals surface area contributed by atoms with E-state index in [0.29, 0.717) is 24.8 Å². The molecule has 1 saturated heterocycles. The number of amides is 1. The Balaban J connectivity index is 1.36. The van der Waals surface area contributed by atoms with Crippen molar-refractivity contribution in [2.75, 3.05) is 33.3 Å². The Morgan fingerprint density at radius 2 is 1.60 bits per heavy atom. The molecule has 1 aromatic heterocycles. The highest BCUT2D eigenvalue weighted by Gasteiger charge is 2.43. The zero-order valence-corrected chi connectivity index (χ0v) is 19.5. The summed E-state index contributed by atoms with van der Waals surface area (Å²) in [6, 6.07) is 23.8. The van der Waals surface area contributed by atoms with Crippen LogP contribution in [0.5, 0.6) is 0 Å². The van der Waals surface area contributed by atoms with Crippen LogP contribution >= 0.6 is 0 Å². The third kappa shape index (κ3) is 4.70. The van der Waals surface area contributed by atoms with Crippen LogP contribution in [0, 0.1) is 5.92 Å². The third-order valence-corrected chi connectivity index (χ3v) is 6.59. The van der Waals surface area contributed by atoms with E-state index >= 15 is 0 Å². The molecule has 2 aliphatic heterocycles. The molecule has 0 bridgehead atoms. The molecule has 0 spiro atoms. The highest BCUT2D eigenvalue weighted by atomic mass is 16.5. The highest BCUT2D eigenvalue weighted by molar-refractivity contribution is 6.08. The van der Waals surface area contributed by atoms with Crippen molar-refractivity contribution in [2.45, 2.75) is 12.1 Å². The molecule has 2 aromatic carbocycles. The zero-order valence-electron chi connectivity index (χ0n) is 19.5. The summed E-state index contributed by atoms with van der Waals surface area (Å²) in [6.45, 7) is 2.94. The summed E-state index contributed by atoms with van der Waals surface area (Å²) in [5.41, 5.74) is 2.49. The van der Waals surface area contributed by atoms with Crippen molar-refractivity contribution in [1.82, 2.24) is 15.1 Å². The summed E-state index contributed by atoms with van der Waals surface area (Å²) in [4.78, 5) is 34.5. The summed E-state index contributed by atoms with van der Waals surface area (Å²) in [5.74, 6) is -1.23. The Bertz CT molecular complexity index is 1130. The Hall–Kier alpha value is -3.91. The molecule has 1 amide bonds. The number of hydrogen-bond acceptors (Lipinski definition) is 7. The molecule has 0 aliphatic carbocycles. The van der Waals surface area contributed by atoms with Gasteiger partial charge >= 0.3 is 5.97 Å². The van der Waals surface area contributed by atoms with E-state index in [4.69, 9.17) is 14.1 Å². The van der Waals surface area contributed by atoms with Crippen molar-refractivity contribution < 1.29 is 18.7 Å². The number of piperazine rings is 1. The number of rotatable bonds is 5. The van der Waals surface area contributed by atoms with E-state index in [0.717, 1.165) is 13.1 Å². The first-order valence-corrected chi connectivity index (χ1v) is 11.7. The van der Waals surface area contributed by atoms with E-state index < -0.39 is 23.8 Å². The second-order valence-corrected chi connectivity index (χ2v) is 8.65. The van der Waals surface area contributed by atoms with E-state index in [1.165, 1.54) is 24.5 Å². The second kappa shape index (κ2) is 10.1. The van der Waals surface area contributed by atoms with E-state index in [2.05, 4.69) is 63.6 Å². The number of methoxy groups -OCH3 is 1. The maximum Gasteiger partial charge on any atom is 0.320 e. The molecule has 1 fully saturated rings. The van der Waals surface area contributed by atoms with Gasteiger partial charge in [-0.3, -0.25) is 19.8 Å². The van der Waals surface area contributed by atoms with E-state index in [9.17, 15) is 9.59 Å². The summed E-state index contributed by atoms with van der Waals surface area (Å²) >= 11 is 0. The van der Waals surface area contributed by atoms with Crippen molar-refractivity contribution in [3.8, 4) is 0 Å². The lowest BCUT2D eigenvalue weighted by molar-refractivity contribution is -0.151. The molecule has 8 heteroatoms. The summed E-state index contributed by atoms with van der Waals surface area (Å²) in [5, 5.41) is 2.83. The number of hydrogen-bond donors (Lipinski definition) is 1. The van der Waals surface area contributed by atoms with Gasteiger partial charge in [-0.15, -0.1) is 0 Å². The zero-order chi connectivity index (χ0) is 24.2. The van der Waals surface area contributed by atoms with E-state index in [-0.39, 0.29) is 6.04 Å². The van der Waals surface area contributed by atoms with Crippen LogP contribution in [0.4, 0.5) is 0 Å². The van der Waals surface area contributed by atoms with E-state index in [1.807, 2.05) is 12.1 Å². The van der Waals surface area contributed by atoms with Crippen LogP contribution in [-0.4, -0.2) is 60.9 Å². The number of aliphatic imine (C=N–C) groups is 1. The van der Waals surface area contributed by atoms with Gasteiger partial charge < -0.3 is 14.1 Å². The predicted molar refractivity (Wildman–Crippen MR) is 130 cm³/mol. The van der Waals surface area contributed by atoms with Crippen LogP contribution in [0.2, 0.25) is 0 Å². The van der Waals surface area contributed by atoms with Crippen molar-refractivity contribution in [3.63, 3.8) is 0 Å². The third-order valence-electron chi connectivity index (χ3n) is 6.59. The fraction of sp³-hybridized carbons (Fsp3) is 0.296. The number of nitrogens with one attached hydrogen (secondary N) is 1. The first kappa shape index (κ1) is 22.9. The fourth-order valence-corrected chi connectivity index (χ4v) is 4.86. The molecule has 5 rings (SSSR count). The molecule has 0 saturated carbocycles. The lowest BCUT2D eigenvalue weighted by Crippen LogP contribution is -2.57. The Kier molecular flexibility index (Phi) is 6.63. The molecule has 0 unspecified atom stereocenters. The van der Waals surface area contributed by atoms with Gasteiger partial charge in [0, 0.05) is 26.2 Å². The molecular formula is C27H28N4O4. The number of carbonyl (C=O) groups is 2. The molecular weight excluding hydrogens is 444 g/mol. The number of benzene rings is 2. The highest BCUT2D eigenvalue weighted by Crippen LogP contribution is 2.32. The monoisotopic (exact) mass is 472 g/mol.